The first-order chi connectivity index (χ1) is 22.8. The highest BCUT2D eigenvalue weighted by atomic mass is 32.2. The molecule has 0 fully saturated rings. The van der Waals surface area contributed by atoms with Gasteiger partial charge in [-0.2, -0.15) is 0 Å². The van der Waals surface area contributed by atoms with E-state index >= 15 is 0 Å². The Labute approximate surface area is 270 Å². The normalized spacial score (nSPS) is 12.2. The quantitative estimate of drug-likeness (QED) is 0.200. The predicted octanol–water partition coefficient (Wildman–Crippen LogP) is 10.6. The van der Waals surface area contributed by atoms with Gasteiger partial charge in [0.15, 0.2) is 17.5 Å². The molecule has 0 atom stereocenters. The minimum absolute atomic E-state index is 0.640. The zero-order chi connectivity index (χ0) is 30.5. The number of nitrogens with zero attached hydrogens (tertiary/aromatic N) is 4. The fourth-order valence-electron chi connectivity index (χ4n) is 6.24. The summed E-state index contributed by atoms with van der Waals surface area (Å²) in [5, 5.41) is 2.46. The zero-order valence-electron chi connectivity index (χ0n) is 24.7. The molecule has 9 rings (SSSR count). The summed E-state index contributed by atoms with van der Waals surface area (Å²) in [6.45, 7) is 0. The van der Waals surface area contributed by atoms with Crippen LogP contribution >= 0.6 is 11.8 Å². The molecule has 0 saturated heterocycles. The van der Waals surface area contributed by atoms with Gasteiger partial charge in [-0.1, -0.05) is 133 Å². The molecule has 8 aromatic rings. The van der Waals surface area contributed by atoms with Crippen molar-refractivity contribution in [3.63, 3.8) is 0 Å². The molecule has 5 heteroatoms. The first kappa shape index (κ1) is 26.6. The Hall–Kier alpha value is -5.78. The van der Waals surface area contributed by atoms with Crippen LogP contribution < -0.4 is 0 Å². The molecule has 0 radical (unpaired) electrons. The molecule has 0 spiro atoms. The molecule has 0 aliphatic carbocycles. The molecule has 1 aliphatic rings. The second-order valence-electron chi connectivity index (χ2n) is 11.3. The summed E-state index contributed by atoms with van der Waals surface area (Å²) in [4.78, 5) is 17.4. The van der Waals surface area contributed by atoms with Crippen LogP contribution in [0, 0.1) is 0 Å². The van der Waals surface area contributed by atoms with E-state index in [0.29, 0.717) is 17.5 Å². The van der Waals surface area contributed by atoms with Crippen LogP contribution in [-0.4, -0.2) is 19.5 Å². The van der Waals surface area contributed by atoms with Crippen molar-refractivity contribution in [3.05, 3.63) is 157 Å². The number of aromatic nitrogens is 4. The van der Waals surface area contributed by atoms with Gasteiger partial charge in [-0.25, -0.2) is 15.0 Å². The maximum absolute atomic E-state index is 4.99. The molecule has 2 aromatic heterocycles. The van der Waals surface area contributed by atoms with Gasteiger partial charge in [-0.15, -0.1) is 0 Å². The SMILES string of the molecule is C1=Cc2cc3c(cc2Sc2ccccc21)c1ccccc1n3-c1cccc(-c2nc(-c3ccccc3)nc(-c3ccccc3)n2)c1. The summed E-state index contributed by atoms with van der Waals surface area (Å²) in [5.41, 5.74) is 8.68. The molecule has 3 heterocycles. The lowest BCUT2D eigenvalue weighted by atomic mass is 10.1. The number of hydrogen-bond donors (Lipinski definition) is 0. The van der Waals surface area contributed by atoms with Crippen molar-refractivity contribution < 1.29 is 0 Å². The fraction of sp³-hybridized carbons (Fsp3) is 0. The average Bonchev–Trinajstić information content (AvgIpc) is 3.32. The summed E-state index contributed by atoms with van der Waals surface area (Å²) in [6, 6.07) is 50.7. The Balaban J connectivity index is 1.23. The largest absolute Gasteiger partial charge is 0.309 e. The molecule has 0 N–H and O–H groups in total. The van der Waals surface area contributed by atoms with Gasteiger partial charge in [0, 0.05) is 42.9 Å². The van der Waals surface area contributed by atoms with E-state index in [1.54, 1.807) is 0 Å². The van der Waals surface area contributed by atoms with Crippen LogP contribution in [0.4, 0.5) is 0 Å². The fourth-order valence-corrected chi connectivity index (χ4v) is 7.30. The number of para-hydroxylation sites is 1. The molecule has 1 aliphatic heterocycles. The van der Waals surface area contributed by atoms with Crippen LogP contribution in [0.5, 0.6) is 0 Å². The highest BCUT2D eigenvalue weighted by Crippen LogP contribution is 2.42. The second kappa shape index (κ2) is 11.0. The van der Waals surface area contributed by atoms with Crippen LogP contribution in [0.3, 0.4) is 0 Å². The van der Waals surface area contributed by atoms with E-state index in [4.69, 9.17) is 15.0 Å². The maximum Gasteiger partial charge on any atom is 0.164 e. The van der Waals surface area contributed by atoms with E-state index in [1.807, 2.05) is 72.4 Å². The number of benzene rings is 6. The van der Waals surface area contributed by atoms with E-state index in [1.165, 1.54) is 37.2 Å². The summed E-state index contributed by atoms with van der Waals surface area (Å²) in [5.74, 6) is 1.95. The lowest BCUT2D eigenvalue weighted by Crippen LogP contribution is -2.01. The van der Waals surface area contributed by atoms with Gasteiger partial charge in [-0.05, 0) is 47.5 Å². The predicted molar refractivity (Wildman–Crippen MR) is 190 cm³/mol. The third kappa shape index (κ3) is 4.61. The highest BCUT2D eigenvalue weighted by molar-refractivity contribution is 7.99. The van der Waals surface area contributed by atoms with Crippen LogP contribution in [0.2, 0.25) is 0 Å². The smallest absolute Gasteiger partial charge is 0.164 e. The zero-order valence-corrected chi connectivity index (χ0v) is 25.5. The van der Waals surface area contributed by atoms with E-state index in [9.17, 15) is 0 Å². The Morgan fingerprint density at radius 2 is 1.02 bits per heavy atom. The topological polar surface area (TPSA) is 43.6 Å². The highest BCUT2D eigenvalue weighted by Gasteiger charge is 2.18. The number of rotatable bonds is 4. The lowest BCUT2D eigenvalue weighted by Gasteiger charge is -2.12. The first-order valence-corrected chi connectivity index (χ1v) is 16.1. The van der Waals surface area contributed by atoms with Crippen LogP contribution in [0.1, 0.15) is 11.1 Å². The van der Waals surface area contributed by atoms with Gasteiger partial charge in [0.2, 0.25) is 0 Å². The third-order valence-corrected chi connectivity index (χ3v) is 9.61. The standard InChI is InChI=1S/C41H26N4S/c1-3-13-28(14-4-1)39-42-40(29-15-5-2-6-16-29)44-41(43-39)31-17-11-18-32(24-31)45-35-20-9-8-19-33(35)34-26-38-30(25-36(34)45)23-22-27-12-7-10-21-37(27)46-38/h1-26H. The van der Waals surface area contributed by atoms with Crippen molar-refractivity contribution in [2.45, 2.75) is 9.79 Å². The molecule has 0 saturated carbocycles. The molecule has 0 amide bonds. The van der Waals surface area contributed by atoms with Crippen LogP contribution in [0.25, 0.3) is 73.8 Å². The van der Waals surface area contributed by atoms with Gasteiger partial charge < -0.3 is 4.57 Å². The molecular formula is C41H26N4S. The van der Waals surface area contributed by atoms with Gasteiger partial charge >= 0.3 is 0 Å². The Morgan fingerprint density at radius 3 is 1.78 bits per heavy atom. The average molecular weight is 607 g/mol. The van der Waals surface area contributed by atoms with Gasteiger partial charge in [0.1, 0.15) is 0 Å². The van der Waals surface area contributed by atoms with Crippen molar-refractivity contribution >= 4 is 45.7 Å². The van der Waals surface area contributed by atoms with Gasteiger partial charge in [0.05, 0.1) is 11.0 Å². The minimum atomic E-state index is 0.640. The molecule has 216 valence electrons. The molecule has 6 aromatic carbocycles. The van der Waals surface area contributed by atoms with Crippen molar-refractivity contribution in [2.75, 3.05) is 0 Å². The summed E-state index contributed by atoms with van der Waals surface area (Å²) < 4.78 is 2.36. The van der Waals surface area contributed by atoms with E-state index < -0.39 is 0 Å². The van der Waals surface area contributed by atoms with E-state index in [0.717, 1.165) is 27.9 Å². The molecular weight excluding hydrogens is 581 g/mol. The second-order valence-corrected chi connectivity index (χ2v) is 12.4. The minimum Gasteiger partial charge on any atom is -0.309 e. The van der Waals surface area contributed by atoms with Crippen molar-refractivity contribution in [2.24, 2.45) is 0 Å². The van der Waals surface area contributed by atoms with E-state index in [2.05, 4.69) is 102 Å². The van der Waals surface area contributed by atoms with Crippen molar-refractivity contribution in [1.29, 1.82) is 0 Å². The Kier molecular flexibility index (Phi) is 6.35. The first-order valence-electron chi connectivity index (χ1n) is 15.3. The molecule has 46 heavy (non-hydrogen) atoms. The van der Waals surface area contributed by atoms with Crippen LogP contribution in [0.15, 0.2) is 155 Å². The number of hydrogen-bond acceptors (Lipinski definition) is 4. The van der Waals surface area contributed by atoms with Crippen molar-refractivity contribution in [3.8, 4) is 39.9 Å². The van der Waals surface area contributed by atoms with Crippen molar-refractivity contribution in [1.82, 2.24) is 19.5 Å². The summed E-state index contributed by atoms with van der Waals surface area (Å²) >= 11 is 1.84. The lowest BCUT2D eigenvalue weighted by molar-refractivity contribution is 1.07. The molecule has 4 nitrogen and oxygen atoms in total. The summed E-state index contributed by atoms with van der Waals surface area (Å²) in [6.07, 6.45) is 4.47. The number of fused-ring (bicyclic) bond motifs is 5. The molecule has 0 bridgehead atoms. The Bertz CT molecular complexity index is 2390. The van der Waals surface area contributed by atoms with Gasteiger partial charge in [-0.3, -0.25) is 0 Å². The maximum atomic E-state index is 4.99. The molecule has 0 unspecified atom stereocenters. The Morgan fingerprint density at radius 1 is 0.413 bits per heavy atom. The third-order valence-electron chi connectivity index (χ3n) is 8.45. The van der Waals surface area contributed by atoms with Gasteiger partial charge in [0.25, 0.3) is 0 Å². The monoisotopic (exact) mass is 606 g/mol. The van der Waals surface area contributed by atoms with Crippen LogP contribution in [-0.2, 0) is 0 Å². The summed E-state index contributed by atoms with van der Waals surface area (Å²) in [7, 11) is 0. The van der Waals surface area contributed by atoms with E-state index in [-0.39, 0.29) is 0 Å².